The summed E-state index contributed by atoms with van der Waals surface area (Å²) in [7, 11) is 0. The normalized spacial score (nSPS) is 12.6. The van der Waals surface area contributed by atoms with E-state index in [0.717, 1.165) is 6.42 Å². The average Bonchev–Trinajstić information content (AvgIpc) is 2.12. The minimum Gasteiger partial charge on any atom is -0.394 e. The van der Waals surface area contributed by atoms with Gasteiger partial charge in [0.25, 0.3) is 0 Å². The summed E-state index contributed by atoms with van der Waals surface area (Å²) in [6.07, 6.45) is 0.831. The minimum atomic E-state index is 0.0142. The van der Waals surface area contributed by atoms with Crippen molar-refractivity contribution in [1.29, 1.82) is 0 Å². The van der Waals surface area contributed by atoms with Crippen molar-refractivity contribution in [3.05, 3.63) is 17.0 Å². The molecule has 1 aromatic heterocycles. The largest absolute Gasteiger partial charge is 0.394 e. The molecule has 0 aliphatic rings. The maximum atomic E-state index is 8.99. The van der Waals surface area contributed by atoms with Gasteiger partial charge in [0.1, 0.15) is 16.8 Å². The molecule has 1 heterocycles. The Balaban J connectivity index is 2.75. The van der Waals surface area contributed by atoms with Crippen molar-refractivity contribution in [1.82, 2.24) is 9.97 Å². The zero-order chi connectivity index (χ0) is 10.6. The molecule has 14 heavy (non-hydrogen) atoms. The van der Waals surface area contributed by atoms with Crippen LogP contribution in [0, 0.1) is 6.92 Å². The van der Waals surface area contributed by atoms with E-state index in [2.05, 4.69) is 15.3 Å². The Morgan fingerprint density at radius 2 is 2.29 bits per heavy atom. The number of aliphatic hydroxyl groups excluding tert-OH is 1. The van der Waals surface area contributed by atoms with Gasteiger partial charge >= 0.3 is 0 Å². The Bertz CT molecular complexity index is 282. The smallest absolute Gasteiger partial charge is 0.134 e. The third-order valence-electron chi connectivity index (χ3n) is 1.87. The highest BCUT2D eigenvalue weighted by atomic mass is 35.5. The highest BCUT2D eigenvalue weighted by Crippen LogP contribution is 2.12. The fraction of sp³-hybridized carbons (Fsp3) is 0.556. The van der Waals surface area contributed by atoms with Crippen LogP contribution in [0.1, 0.15) is 19.2 Å². The van der Waals surface area contributed by atoms with Crippen LogP contribution >= 0.6 is 11.6 Å². The van der Waals surface area contributed by atoms with Crippen LogP contribution in [0.25, 0.3) is 0 Å². The number of rotatable bonds is 4. The standard InChI is InChI=1S/C9H14ClN3O/c1-3-7(5-14)13-9-4-8(10)11-6(2)12-9/h4,7,14H,3,5H2,1-2H3,(H,11,12,13)/t7-/m0/s1. The fourth-order valence-electron chi connectivity index (χ4n) is 1.09. The van der Waals surface area contributed by atoms with Gasteiger partial charge < -0.3 is 10.4 Å². The first kappa shape index (κ1) is 11.2. The summed E-state index contributed by atoms with van der Waals surface area (Å²) in [4.78, 5) is 8.10. The summed E-state index contributed by atoms with van der Waals surface area (Å²) in [6, 6.07) is 1.66. The number of aryl methyl sites for hydroxylation is 1. The predicted octanol–water partition coefficient (Wildman–Crippen LogP) is 1.62. The number of nitrogens with zero attached hydrogens (tertiary/aromatic N) is 2. The number of aliphatic hydroxyl groups is 1. The van der Waals surface area contributed by atoms with Gasteiger partial charge in [0.2, 0.25) is 0 Å². The van der Waals surface area contributed by atoms with Crippen LogP contribution in [0.2, 0.25) is 5.15 Å². The molecule has 0 aliphatic carbocycles. The molecule has 0 aliphatic heterocycles. The van der Waals surface area contributed by atoms with Gasteiger partial charge in [-0.05, 0) is 13.3 Å². The van der Waals surface area contributed by atoms with E-state index in [1.54, 1.807) is 13.0 Å². The van der Waals surface area contributed by atoms with E-state index >= 15 is 0 Å². The van der Waals surface area contributed by atoms with Gasteiger partial charge in [0, 0.05) is 6.07 Å². The Kier molecular flexibility index (Phi) is 4.10. The first-order chi connectivity index (χ1) is 6.65. The van der Waals surface area contributed by atoms with E-state index in [4.69, 9.17) is 16.7 Å². The van der Waals surface area contributed by atoms with E-state index < -0.39 is 0 Å². The van der Waals surface area contributed by atoms with E-state index in [1.165, 1.54) is 0 Å². The van der Waals surface area contributed by atoms with Gasteiger partial charge in [-0.15, -0.1) is 0 Å². The molecule has 0 fully saturated rings. The molecule has 4 nitrogen and oxygen atoms in total. The number of aromatic nitrogens is 2. The lowest BCUT2D eigenvalue weighted by Crippen LogP contribution is -2.23. The van der Waals surface area contributed by atoms with Gasteiger partial charge in [0.15, 0.2) is 0 Å². The van der Waals surface area contributed by atoms with Crippen molar-refractivity contribution in [2.75, 3.05) is 11.9 Å². The number of halogens is 1. The van der Waals surface area contributed by atoms with E-state index in [0.29, 0.717) is 16.8 Å². The van der Waals surface area contributed by atoms with Crippen LogP contribution in [0.5, 0.6) is 0 Å². The second kappa shape index (κ2) is 5.12. The monoisotopic (exact) mass is 215 g/mol. The van der Waals surface area contributed by atoms with Gasteiger partial charge in [-0.1, -0.05) is 18.5 Å². The SMILES string of the molecule is CC[C@@H](CO)Nc1cc(Cl)nc(C)n1. The molecule has 0 unspecified atom stereocenters. The van der Waals surface area contributed by atoms with E-state index in [1.807, 2.05) is 6.92 Å². The highest BCUT2D eigenvalue weighted by Gasteiger charge is 2.06. The predicted molar refractivity (Wildman–Crippen MR) is 56.6 cm³/mol. The second-order valence-corrected chi connectivity index (χ2v) is 3.44. The van der Waals surface area contributed by atoms with Crippen LogP contribution in [-0.2, 0) is 0 Å². The lowest BCUT2D eigenvalue weighted by atomic mass is 10.2. The van der Waals surface area contributed by atoms with Gasteiger partial charge in [-0.3, -0.25) is 0 Å². The third kappa shape index (κ3) is 3.12. The Morgan fingerprint density at radius 3 is 2.79 bits per heavy atom. The van der Waals surface area contributed by atoms with Crippen molar-refractivity contribution < 1.29 is 5.11 Å². The van der Waals surface area contributed by atoms with Crippen molar-refractivity contribution in [2.45, 2.75) is 26.3 Å². The topological polar surface area (TPSA) is 58.0 Å². The number of anilines is 1. The van der Waals surface area contributed by atoms with E-state index in [-0.39, 0.29) is 12.6 Å². The Hall–Kier alpha value is -0.870. The minimum absolute atomic E-state index is 0.0142. The van der Waals surface area contributed by atoms with Crippen molar-refractivity contribution >= 4 is 17.4 Å². The zero-order valence-electron chi connectivity index (χ0n) is 8.29. The Labute approximate surface area is 88.3 Å². The fourth-order valence-corrected chi connectivity index (χ4v) is 1.32. The van der Waals surface area contributed by atoms with Crippen molar-refractivity contribution in [3.8, 4) is 0 Å². The average molecular weight is 216 g/mol. The van der Waals surface area contributed by atoms with Crippen LogP contribution in [0.15, 0.2) is 6.07 Å². The zero-order valence-corrected chi connectivity index (χ0v) is 9.04. The lowest BCUT2D eigenvalue weighted by molar-refractivity contribution is 0.271. The van der Waals surface area contributed by atoms with Crippen LogP contribution in [0.4, 0.5) is 5.82 Å². The van der Waals surface area contributed by atoms with Crippen LogP contribution in [0.3, 0.4) is 0 Å². The molecule has 2 N–H and O–H groups in total. The molecule has 5 heteroatoms. The quantitative estimate of drug-likeness (QED) is 0.750. The summed E-state index contributed by atoms with van der Waals surface area (Å²) in [5, 5.41) is 12.5. The summed E-state index contributed by atoms with van der Waals surface area (Å²) in [5.74, 6) is 1.27. The molecule has 0 saturated carbocycles. The van der Waals surface area contributed by atoms with Crippen LogP contribution in [-0.4, -0.2) is 27.7 Å². The molecule has 0 radical (unpaired) electrons. The first-order valence-corrected chi connectivity index (χ1v) is 4.92. The summed E-state index contributed by atoms with van der Waals surface area (Å²) >= 11 is 5.77. The molecular formula is C9H14ClN3O. The second-order valence-electron chi connectivity index (χ2n) is 3.06. The van der Waals surface area contributed by atoms with Crippen molar-refractivity contribution in [3.63, 3.8) is 0 Å². The summed E-state index contributed by atoms with van der Waals surface area (Å²) < 4.78 is 0. The molecule has 0 amide bonds. The lowest BCUT2D eigenvalue weighted by Gasteiger charge is -2.14. The number of nitrogens with one attached hydrogen (secondary N) is 1. The number of hydrogen-bond acceptors (Lipinski definition) is 4. The maximum Gasteiger partial charge on any atom is 0.134 e. The molecule has 0 bridgehead atoms. The van der Waals surface area contributed by atoms with Crippen LogP contribution < -0.4 is 5.32 Å². The van der Waals surface area contributed by atoms with E-state index in [9.17, 15) is 0 Å². The van der Waals surface area contributed by atoms with Gasteiger partial charge in [-0.2, -0.15) is 0 Å². The summed E-state index contributed by atoms with van der Waals surface area (Å²) in [5.41, 5.74) is 0. The van der Waals surface area contributed by atoms with Crippen molar-refractivity contribution in [2.24, 2.45) is 0 Å². The third-order valence-corrected chi connectivity index (χ3v) is 2.07. The van der Waals surface area contributed by atoms with Gasteiger partial charge in [-0.25, -0.2) is 9.97 Å². The summed E-state index contributed by atoms with van der Waals surface area (Å²) in [6.45, 7) is 3.84. The first-order valence-electron chi connectivity index (χ1n) is 4.54. The molecule has 0 aromatic carbocycles. The highest BCUT2D eigenvalue weighted by molar-refractivity contribution is 6.29. The molecule has 1 atom stereocenters. The molecule has 78 valence electrons. The Morgan fingerprint density at radius 1 is 1.57 bits per heavy atom. The molecule has 1 aromatic rings. The number of hydrogen-bond donors (Lipinski definition) is 2. The molecule has 0 spiro atoms. The molecule has 1 rings (SSSR count). The molecule has 0 saturated heterocycles. The molecular weight excluding hydrogens is 202 g/mol. The maximum absolute atomic E-state index is 8.99. The van der Waals surface area contributed by atoms with Gasteiger partial charge in [0.05, 0.1) is 12.6 Å².